The standard InChI is InChI=1S/C27H29N3O4/c1-19(27(33)34)28-23(18-17-20-11-5-2-6-12-20)25(31)30-24(21-13-7-3-8-14-21)26(32)29-22-15-9-4-10-16-22/h2-16,19,23-24,28H,17-18H2,1H3,(H,29,32)(H,30,31)(H,33,34)/t19-,23+,24+/m1/s1. The average Bonchev–Trinajstić information content (AvgIpc) is 2.86. The van der Waals surface area contributed by atoms with E-state index in [1.54, 1.807) is 36.4 Å². The Balaban J connectivity index is 1.79. The van der Waals surface area contributed by atoms with Crippen LogP contribution in [-0.2, 0) is 20.8 Å². The summed E-state index contributed by atoms with van der Waals surface area (Å²) in [6.07, 6.45) is 0.944. The number of aliphatic carboxylic acids is 1. The van der Waals surface area contributed by atoms with E-state index in [2.05, 4.69) is 16.0 Å². The number of anilines is 1. The average molecular weight is 460 g/mol. The summed E-state index contributed by atoms with van der Waals surface area (Å²) in [5.74, 6) is -1.89. The molecule has 0 saturated carbocycles. The molecule has 3 aromatic rings. The van der Waals surface area contributed by atoms with Gasteiger partial charge in [0.05, 0.1) is 6.04 Å². The Hall–Kier alpha value is -3.97. The van der Waals surface area contributed by atoms with E-state index >= 15 is 0 Å². The molecule has 4 N–H and O–H groups in total. The monoisotopic (exact) mass is 459 g/mol. The Morgan fingerprint density at radius 3 is 1.94 bits per heavy atom. The van der Waals surface area contributed by atoms with Crippen molar-refractivity contribution in [1.29, 1.82) is 0 Å². The van der Waals surface area contributed by atoms with Gasteiger partial charge in [-0.15, -0.1) is 0 Å². The van der Waals surface area contributed by atoms with Crippen LogP contribution in [0.2, 0.25) is 0 Å². The van der Waals surface area contributed by atoms with Crippen molar-refractivity contribution in [3.8, 4) is 0 Å². The zero-order valence-electron chi connectivity index (χ0n) is 19.0. The number of carbonyl (C=O) groups is 3. The van der Waals surface area contributed by atoms with Gasteiger partial charge in [0.25, 0.3) is 5.91 Å². The second kappa shape index (κ2) is 12.3. The van der Waals surface area contributed by atoms with Crippen molar-refractivity contribution in [2.75, 3.05) is 5.32 Å². The van der Waals surface area contributed by atoms with Crippen molar-refractivity contribution in [2.45, 2.75) is 37.9 Å². The molecule has 0 heterocycles. The summed E-state index contributed by atoms with van der Waals surface area (Å²) in [4.78, 5) is 37.9. The number of carboxylic acid groups (broad SMARTS) is 1. The van der Waals surface area contributed by atoms with Gasteiger partial charge in [0.2, 0.25) is 5.91 Å². The van der Waals surface area contributed by atoms with Gasteiger partial charge >= 0.3 is 5.97 Å². The number of hydrogen-bond donors (Lipinski definition) is 4. The van der Waals surface area contributed by atoms with E-state index < -0.39 is 30.0 Å². The molecule has 7 heteroatoms. The normalized spacial score (nSPS) is 13.3. The van der Waals surface area contributed by atoms with Crippen LogP contribution < -0.4 is 16.0 Å². The Bertz CT molecular complexity index is 1070. The van der Waals surface area contributed by atoms with Crippen LogP contribution in [0.5, 0.6) is 0 Å². The molecule has 0 aliphatic rings. The molecule has 34 heavy (non-hydrogen) atoms. The summed E-state index contributed by atoms with van der Waals surface area (Å²) < 4.78 is 0. The SMILES string of the molecule is C[C@@H](N[C@@H](CCc1ccccc1)C(=O)N[C@H](C(=O)Nc1ccccc1)c1ccccc1)C(=O)O. The Kier molecular flexibility index (Phi) is 8.94. The summed E-state index contributed by atoms with van der Waals surface area (Å²) in [6, 6.07) is 24.9. The Labute approximate surface area is 199 Å². The fraction of sp³-hybridized carbons (Fsp3) is 0.222. The molecule has 3 atom stereocenters. The van der Waals surface area contributed by atoms with E-state index in [9.17, 15) is 19.5 Å². The van der Waals surface area contributed by atoms with Gasteiger partial charge in [-0.1, -0.05) is 78.9 Å². The second-order valence-corrected chi connectivity index (χ2v) is 8.01. The molecule has 0 bridgehead atoms. The molecule has 0 fully saturated rings. The molecule has 0 aliphatic carbocycles. The first kappa shape index (κ1) is 24.7. The summed E-state index contributed by atoms with van der Waals surface area (Å²) >= 11 is 0. The number of para-hydroxylation sites is 1. The zero-order chi connectivity index (χ0) is 24.3. The van der Waals surface area contributed by atoms with Crippen molar-refractivity contribution in [3.63, 3.8) is 0 Å². The molecule has 176 valence electrons. The maximum Gasteiger partial charge on any atom is 0.320 e. The molecular weight excluding hydrogens is 430 g/mol. The summed E-state index contributed by atoms with van der Waals surface area (Å²) in [6.45, 7) is 1.49. The number of carbonyl (C=O) groups excluding carboxylic acids is 2. The quantitative estimate of drug-likeness (QED) is 0.351. The Morgan fingerprint density at radius 1 is 0.794 bits per heavy atom. The van der Waals surface area contributed by atoms with Gasteiger partial charge in [0, 0.05) is 5.69 Å². The highest BCUT2D eigenvalue weighted by Crippen LogP contribution is 2.17. The smallest absolute Gasteiger partial charge is 0.320 e. The molecule has 2 amide bonds. The highest BCUT2D eigenvalue weighted by Gasteiger charge is 2.28. The first-order valence-corrected chi connectivity index (χ1v) is 11.2. The predicted molar refractivity (Wildman–Crippen MR) is 131 cm³/mol. The maximum absolute atomic E-state index is 13.3. The summed E-state index contributed by atoms with van der Waals surface area (Å²) in [5, 5.41) is 17.9. The number of aryl methyl sites for hydroxylation is 1. The predicted octanol–water partition coefficient (Wildman–Crippen LogP) is 3.55. The molecule has 3 aromatic carbocycles. The van der Waals surface area contributed by atoms with Crippen molar-refractivity contribution >= 4 is 23.5 Å². The van der Waals surface area contributed by atoms with Gasteiger partial charge in [-0.3, -0.25) is 19.7 Å². The number of carboxylic acids is 1. The second-order valence-electron chi connectivity index (χ2n) is 8.01. The lowest BCUT2D eigenvalue weighted by Gasteiger charge is -2.25. The topological polar surface area (TPSA) is 108 Å². The van der Waals surface area contributed by atoms with Crippen molar-refractivity contribution in [1.82, 2.24) is 10.6 Å². The van der Waals surface area contributed by atoms with Crippen LogP contribution in [0.1, 0.15) is 30.5 Å². The van der Waals surface area contributed by atoms with E-state index in [0.29, 0.717) is 24.1 Å². The molecule has 0 spiro atoms. The third-order valence-electron chi connectivity index (χ3n) is 5.43. The maximum atomic E-state index is 13.3. The highest BCUT2D eigenvalue weighted by molar-refractivity contribution is 5.98. The van der Waals surface area contributed by atoms with Crippen LogP contribution in [0.3, 0.4) is 0 Å². The number of amides is 2. The fourth-order valence-electron chi connectivity index (χ4n) is 3.54. The van der Waals surface area contributed by atoms with E-state index in [1.165, 1.54) is 6.92 Å². The van der Waals surface area contributed by atoms with Crippen LogP contribution in [-0.4, -0.2) is 35.0 Å². The lowest BCUT2D eigenvalue weighted by molar-refractivity contribution is -0.139. The third-order valence-corrected chi connectivity index (χ3v) is 5.43. The van der Waals surface area contributed by atoms with Crippen LogP contribution in [0.15, 0.2) is 91.0 Å². The number of nitrogens with one attached hydrogen (secondary N) is 3. The molecular formula is C27H29N3O4. The summed E-state index contributed by atoms with van der Waals surface area (Å²) in [5.41, 5.74) is 2.27. The molecule has 7 nitrogen and oxygen atoms in total. The van der Waals surface area contributed by atoms with Crippen LogP contribution in [0, 0.1) is 0 Å². The van der Waals surface area contributed by atoms with Crippen LogP contribution >= 0.6 is 0 Å². The van der Waals surface area contributed by atoms with Crippen LogP contribution in [0.25, 0.3) is 0 Å². The van der Waals surface area contributed by atoms with Gasteiger partial charge in [-0.2, -0.15) is 0 Å². The van der Waals surface area contributed by atoms with Crippen molar-refractivity contribution in [3.05, 3.63) is 102 Å². The molecule has 0 aliphatic heterocycles. The van der Waals surface area contributed by atoms with Gasteiger partial charge in [0.1, 0.15) is 12.1 Å². The first-order chi connectivity index (χ1) is 16.4. The number of hydrogen-bond acceptors (Lipinski definition) is 4. The molecule has 0 radical (unpaired) electrons. The van der Waals surface area contributed by atoms with Gasteiger partial charge < -0.3 is 15.7 Å². The van der Waals surface area contributed by atoms with Crippen molar-refractivity contribution < 1.29 is 19.5 Å². The summed E-state index contributed by atoms with van der Waals surface area (Å²) in [7, 11) is 0. The van der Waals surface area contributed by atoms with E-state index in [0.717, 1.165) is 5.56 Å². The first-order valence-electron chi connectivity index (χ1n) is 11.2. The minimum atomic E-state index is -1.06. The number of rotatable bonds is 11. The highest BCUT2D eigenvalue weighted by atomic mass is 16.4. The lowest BCUT2D eigenvalue weighted by Crippen LogP contribution is -2.52. The number of benzene rings is 3. The van der Waals surface area contributed by atoms with Crippen LogP contribution in [0.4, 0.5) is 5.69 Å². The molecule has 0 unspecified atom stereocenters. The van der Waals surface area contributed by atoms with Crippen molar-refractivity contribution in [2.24, 2.45) is 0 Å². The van der Waals surface area contributed by atoms with Gasteiger partial charge in [-0.05, 0) is 43.0 Å². The van der Waals surface area contributed by atoms with Gasteiger partial charge in [-0.25, -0.2) is 0 Å². The van der Waals surface area contributed by atoms with E-state index in [1.807, 2.05) is 54.6 Å². The zero-order valence-corrected chi connectivity index (χ0v) is 19.0. The minimum Gasteiger partial charge on any atom is -0.480 e. The van der Waals surface area contributed by atoms with Gasteiger partial charge in [0.15, 0.2) is 0 Å². The molecule has 0 saturated heterocycles. The van der Waals surface area contributed by atoms with E-state index in [-0.39, 0.29) is 5.91 Å². The molecule has 3 rings (SSSR count). The largest absolute Gasteiger partial charge is 0.480 e. The minimum absolute atomic E-state index is 0.370. The fourth-order valence-corrected chi connectivity index (χ4v) is 3.54. The third kappa shape index (κ3) is 7.28. The molecule has 0 aromatic heterocycles. The van der Waals surface area contributed by atoms with E-state index in [4.69, 9.17) is 0 Å². The lowest BCUT2D eigenvalue weighted by atomic mass is 10.0. The Morgan fingerprint density at radius 2 is 1.35 bits per heavy atom.